The third kappa shape index (κ3) is 2.90. The van der Waals surface area contributed by atoms with E-state index in [-0.39, 0.29) is 10.7 Å². The summed E-state index contributed by atoms with van der Waals surface area (Å²) in [5.74, 6) is 0.273. The standard InChI is InChI=1S/C14H13N3O2S2/c15-21(18,19)13-6-3-7-16-14(13)17-8-10-9-20-12-5-2-1-4-11(10)12/h1-7,9H,8H2,(H,16,17)(H2,15,18,19). The van der Waals surface area contributed by atoms with E-state index in [1.807, 2.05) is 18.2 Å². The zero-order valence-electron chi connectivity index (χ0n) is 11.0. The molecule has 2 aromatic heterocycles. The molecule has 3 N–H and O–H groups in total. The number of nitrogens with zero attached hydrogens (tertiary/aromatic N) is 1. The van der Waals surface area contributed by atoms with Crippen molar-refractivity contribution in [3.05, 3.63) is 53.5 Å². The molecule has 5 nitrogen and oxygen atoms in total. The van der Waals surface area contributed by atoms with Crippen molar-refractivity contribution in [3.63, 3.8) is 0 Å². The lowest BCUT2D eigenvalue weighted by atomic mass is 10.2. The molecule has 0 aliphatic rings. The minimum Gasteiger partial charge on any atom is -0.365 e. The highest BCUT2D eigenvalue weighted by Crippen LogP contribution is 2.26. The number of aromatic nitrogens is 1. The van der Waals surface area contributed by atoms with E-state index in [0.29, 0.717) is 6.54 Å². The number of thiophene rings is 1. The predicted octanol–water partition coefficient (Wildman–Crippen LogP) is 2.56. The van der Waals surface area contributed by atoms with Gasteiger partial charge in [-0.1, -0.05) is 18.2 Å². The second kappa shape index (κ2) is 5.44. The highest BCUT2D eigenvalue weighted by Gasteiger charge is 2.14. The molecule has 0 aliphatic carbocycles. The van der Waals surface area contributed by atoms with Crippen LogP contribution in [0.1, 0.15) is 5.56 Å². The van der Waals surface area contributed by atoms with Gasteiger partial charge in [-0.15, -0.1) is 11.3 Å². The quantitative estimate of drug-likeness (QED) is 0.774. The van der Waals surface area contributed by atoms with Gasteiger partial charge in [-0.05, 0) is 34.5 Å². The van der Waals surface area contributed by atoms with Gasteiger partial charge in [0, 0.05) is 17.4 Å². The SMILES string of the molecule is NS(=O)(=O)c1cccnc1NCc1csc2ccccc12. The maximum absolute atomic E-state index is 11.5. The number of nitrogens with one attached hydrogen (secondary N) is 1. The predicted molar refractivity (Wildman–Crippen MR) is 84.8 cm³/mol. The summed E-state index contributed by atoms with van der Waals surface area (Å²) in [4.78, 5) is 4.06. The van der Waals surface area contributed by atoms with Gasteiger partial charge in [0.25, 0.3) is 0 Å². The molecule has 0 saturated heterocycles. The number of hydrogen-bond donors (Lipinski definition) is 2. The Labute approximate surface area is 126 Å². The smallest absolute Gasteiger partial charge is 0.241 e. The molecule has 7 heteroatoms. The van der Waals surface area contributed by atoms with Crippen molar-refractivity contribution in [2.75, 3.05) is 5.32 Å². The molecule has 21 heavy (non-hydrogen) atoms. The van der Waals surface area contributed by atoms with Gasteiger partial charge in [-0.25, -0.2) is 18.5 Å². The Balaban J connectivity index is 1.89. The first-order chi connectivity index (χ1) is 10.1. The lowest BCUT2D eigenvalue weighted by Crippen LogP contribution is -2.15. The van der Waals surface area contributed by atoms with Gasteiger partial charge in [0.15, 0.2) is 0 Å². The molecule has 0 amide bonds. The van der Waals surface area contributed by atoms with Crippen molar-refractivity contribution in [2.24, 2.45) is 5.14 Å². The van der Waals surface area contributed by atoms with Crippen LogP contribution in [-0.2, 0) is 16.6 Å². The van der Waals surface area contributed by atoms with Gasteiger partial charge in [0.05, 0.1) is 0 Å². The van der Waals surface area contributed by atoms with Gasteiger partial charge < -0.3 is 5.32 Å². The number of fused-ring (bicyclic) bond motifs is 1. The van der Waals surface area contributed by atoms with Crippen LogP contribution in [0.2, 0.25) is 0 Å². The van der Waals surface area contributed by atoms with E-state index >= 15 is 0 Å². The molecule has 108 valence electrons. The maximum atomic E-state index is 11.5. The van der Waals surface area contributed by atoms with Crippen molar-refractivity contribution in [1.82, 2.24) is 4.98 Å². The van der Waals surface area contributed by atoms with E-state index < -0.39 is 10.0 Å². The van der Waals surface area contributed by atoms with Gasteiger partial charge in [-0.2, -0.15) is 0 Å². The van der Waals surface area contributed by atoms with Crippen molar-refractivity contribution in [3.8, 4) is 0 Å². The van der Waals surface area contributed by atoms with Crippen LogP contribution in [0.5, 0.6) is 0 Å². The summed E-state index contributed by atoms with van der Waals surface area (Å²) >= 11 is 1.66. The molecule has 0 saturated carbocycles. The van der Waals surface area contributed by atoms with Gasteiger partial charge in [0.1, 0.15) is 10.7 Å². The number of nitrogens with two attached hydrogens (primary N) is 1. The van der Waals surface area contributed by atoms with Crippen LogP contribution >= 0.6 is 11.3 Å². The topological polar surface area (TPSA) is 85.1 Å². The van der Waals surface area contributed by atoms with Gasteiger partial charge in [-0.3, -0.25) is 0 Å². The molecular weight excluding hydrogens is 306 g/mol. The lowest BCUT2D eigenvalue weighted by Gasteiger charge is -2.08. The second-order valence-corrected chi connectivity index (χ2v) is 6.95. The third-order valence-corrected chi connectivity index (χ3v) is 5.04. The molecule has 3 aromatic rings. The summed E-state index contributed by atoms with van der Waals surface area (Å²) in [6, 6.07) is 11.1. The Morgan fingerprint density at radius 1 is 1.19 bits per heavy atom. The number of anilines is 1. The molecule has 0 atom stereocenters. The number of sulfonamides is 1. The molecule has 1 aromatic carbocycles. The fourth-order valence-corrected chi connectivity index (χ4v) is 3.73. The van der Waals surface area contributed by atoms with Crippen molar-refractivity contribution < 1.29 is 8.42 Å². The maximum Gasteiger partial charge on any atom is 0.241 e. The Bertz CT molecular complexity index is 888. The number of hydrogen-bond acceptors (Lipinski definition) is 5. The summed E-state index contributed by atoms with van der Waals surface area (Å²) in [5, 5.41) is 11.5. The largest absolute Gasteiger partial charge is 0.365 e. The Kier molecular flexibility index (Phi) is 3.62. The minimum atomic E-state index is -3.79. The number of primary sulfonamides is 1. The monoisotopic (exact) mass is 319 g/mol. The second-order valence-electron chi connectivity index (χ2n) is 4.51. The molecule has 0 radical (unpaired) electrons. The van der Waals surface area contributed by atoms with E-state index in [1.54, 1.807) is 17.4 Å². The molecule has 3 rings (SSSR count). The molecule has 0 spiro atoms. The van der Waals surface area contributed by atoms with Crippen molar-refractivity contribution in [1.29, 1.82) is 0 Å². The summed E-state index contributed by atoms with van der Waals surface area (Å²) in [5.41, 5.74) is 1.10. The van der Waals surface area contributed by atoms with Crippen molar-refractivity contribution >= 4 is 37.3 Å². The lowest BCUT2D eigenvalue weighted by molar-refractivity contribution is 0.597. The van der Waals surface area contributed by atoms with Crippen molar-refractivity contribution in [2.45, 2.75) is 11.4 Å². The van der Waals surface area contributed by atoms with Gasteiger partial charge in [0.2, 0.25) is 10.0 Å². The number of rotatable bonds is 4. The van der Waals surface area contributed by atoms with Crippen LogP contribution in [0.15, 0.2) is 52.9 Å². The summed E-state index contributed by atoms with van der Waals surface area (Å²) in [6.45, 7) is 0.490. The third-order valence-electron chi connectivity index (χ3n) is 3.08. The first-order valence-electron chi connectivity index (χ1n) is 6.22. The summed E-state index contributed by atoms with van der Waals surface area (Å²) in [7, 11) is -3.79. The normalized spacial score (nSPS) is 11.7. The molecule has 0 unspecified atom stereocenters. The average molecular weight is 319 g/mol. The highest BCUT2D eigenvalue weighted by molar-refractivity contribution is 7.89. The fourth-order valence-electron chi connectivity index (χ4n) is 2.10. The minimum absolute atomic E-state index is 0.00420. The summed E-state index contributed by atoms with van der Waals surface area (Å²) < 4.78 is 24.3. The van der Waals surface area contributed by atoms with Crippen LogP contribution < -0.4 is 10.5 Å². The van der Waals surface area contributed by atoms with Gasteiger partial charge >= 0.3 is 0 Å². The van der Waals surface area contributed by atoms with E-state index in [9.17, 15) is 8.42 Å². The fraction of sp³-hybridized carbons (Fsp3) is 0.0714. The van der Waals surface area contributed by atoms with Crippen LogP contribution in [0.4, 0.5) is 5.82 Å². The molecule has 2 heterocycles. The van der Waals surface area contributed by atoms with Crippen LogP contribution in [0.25, 0.3) is 10.1 Å². The Morgan fingerprint density at radius 2 is 2.00 bits per heavy atom. The summed E-state index contributed by atoms with van der Waals surface area (Å²) in [6.07, 6.45) is 1.53. The van der Waals surface area contributed by atoms with E-state index in [1.165, 1.54) is 17.0 Å². The Morgan fingerprint density at radius 3 is 2.81 bits per heavy atom. The molecule has 0 aliphatic heterocycles. The average Bonchev–Trinajstić information content (AvgIpc) is 2.88. The van der Waals surface area contributed by atoms with E-state index in [4.69, 9.17) is 5.14 Å². The van der Waals surface area contributed by atoms with Crippen LogP contribution in [0, 0.1) is 0 Å². The number of pyridine rings is 1. The first kappa shape index (κ1) is 14.0. The molecular formula is C14H13N3O2S2. The van der Waals surface area contributed by atoms with Crippen LogP contribution in [0.3, 0.4) is 0 Å². The first-order valence-corrected chi connectivity index (χ1v) is 8.65. The van der Waals surface area contributed by atoms with Crippen LogP contribution in [-0.4, -0.2) is 13.4 Å². The Hall–Kier alpha value is -1.96. The van der Waals surface area contributed by atoms with E-state index in [0.717, 1.165) is 10.9 Å². The highest BCUT2D eigenvalue weighted by atomic mass is 32.2. The number of benzene rings is 1. The molecule has 0 bridgehead atoms. The zero-order chi connectivity index (χ0) is 14.9. The zero-order valence-corrected chi connectivity index (χ0v) is 12.6. The van der Waals surface area contributed by atoms with E-state index in [2.05, 4.69) is 21.7 Å². The molecule has 0 fully saturated rings.